The molecular weight excluding hydrogens is 313 g/mol. The molecule has 1 amide bonds. The Morgan fingerprint density at radius 1 is 1.21 bits per heavy atom. The van der Waals surface area contributed by atoms with Gasteiger partial charge in [0.15, 0.2) is 11.2 Å². The van der Waals surface area contributed by atoms with E-state index in [1.54, 1.807) is 31.2 Å². The Labute approximate surface area is 136 Å². The van der Waals surface area contributed by atoms with E-state index in [9.17, 15) is 14.0 Å². The fourth-order valence-corrected chi connectivity index (χ4v) is 2.27. The van der Waals surface area contributed by atoms with Crippen molar-refractivity contribution in [2.75, 3.05) is 11.9 Å². The first-order chi connectivity index (χ1) is 11.6. The number of halogens is 1. The summed E-state index contributed by atoms with van der Waals surface area (Å²) in [6, 6.07) is 11.5. The molecule has 122 valence electrons. The number of rotatable bonds is 4. The number of para-hydroxylation sites is 1. The Kier molecular flexibility index (Phi) is 4.29. The molecule has 3 rings (SSSR count). The standard InChI is InChI=1S/C18H14FNO4/c1-2-23-16-9-11(19)7-8-13(16)20-18(22)17-10-14(21)12-5-3-4-6-15(12)24-17/h3-10H,2H2,1H3,(H,20,22). The molecule has 0 saturated carbocycles. The topological polar surface area (TPSA) is 68.5 Å². The third-order valence-electron chi connectivity index (χ3n) is 3.35. The van der Waals surface area contributed by atoms with Gasteiger partial charge in [-0.2, -0.15) is 0 Å². The van der Waals surface area contributed by atoms with Crippen LogP contribution in [0.4, 0.5) is 10.1 Å². The lowest BCUT2D eigenvalue weighted by Gasteiger charge is -2.11. The maximum atomic E-state index is 13.3. The van der Waals surface area contributed by atoms with Crippen molar-refractivity contribution in [2.45, 2.75) is 6.92 Å². The Balaban J connectivity index is 1.95. The minimum absolute atomic E-state index is 0.134. The first kappa shape index (κ1) is 15.7. The highest BCUT2D eigenvalue weighted by Crippen LogP contribution is 2.26. The molecular formula is C18H14FNO4. The lowest BCUT2D eigenvalue weighted by molar-refractivity contribution is 0.0996. The van der Waals surface area contributed by atoms with Gasteiger partial charge in [0.05, 0.1) is 17.7 Å². The molecule has 0 atom stereocenters. The van der Waals surface area contributed by atoms with Crippen LogP contribution < -0.4 is 15.5 Å². The van der Waals surface area contributed by atoms with Crippen molar-refractivity contribution in [1.29, 1.82) is 0 Å². The first-order valence-electron chi connectivity index (χ1n) is 7.35. The summed E-state index contributed by atoms with van der Waals surface area (Å²) in [7, 11) is 0. The SMILES string of the molecule is CCOc1cc(F)ccc1NC(=O)c1cc(=O)c2ccccc2o1. The quantitative estimate of drug-likeness (QED) is 0.795. The highest BCUT2D eigenvalue weighted by molar-refractivity contribution is 6.03. The van der Waals surface area contributed by atoms with Crippen molar-refractivity contribution >= 4 is 22.6 Å². The number of ether oxygens (including phenoxy) is 1. The van der Waals surface area contributed by atoms with Crippen molar-refractivity contribution in [3.63, 3.8) is 0 Å². The largest absolute Gasteiger partial charge is 0.492 e. The summed E-state index contributed by atoms with van der Waals surface area (Å²) in [5, 5.41) is 2.96. The van der Waals surface area contributed by atoms with E-state index in [1.165, 1.54) is 18.2 Å². The number of carbonyl (C=O) groups is 1. The Hall–Kier alpha value is -3.15. The van der Waals surface area contributed by atoms with Gasteiger partial charge in [-0.05, 0) is 31.2 Å². The molecule has 0 saturated heterocycles. The van der Waals surface area contributed by atoms with Gasteiger partial charge in [-0.1, -0.05) is 12.1 Å². The fraction of sp³-hybridized carbons (Fsp3) is 0.111. The highest BCUT2D eigenvalue weighted by atomic mass is 19.1. The fourth-order valence-electron chi connectivity index (χ4n) is 2.27. The molecule has 0 radical (unpaired) electrons. The molecule has 2 aromatic carbocycles. The molecule has 0 spiro atoms. The first-order valence-corrected chi connectivity index (χ1v) is 7.35. The van der Waals surface area contributed by atoms with Crippen LogP contribution in [-0.4, -0.2) is 12.5 Å². The number of carbonyl (C=O) groups excluding carboxylic acids is 1. The van der Waals surface area contributed by atoms with Gasteiger partial charge in [-0.15, -0.1) is 0 Å². The Bertz CT molecular complexity index is 965. The van der Waals surface area contributed by atoms with Gasteiger partial charge in [0.1, 0.15) is 17.1 Å². The average molecular weight is 327 g/mol. The van der Waals surface area contributed by atoms with Crippen molar-refractivity contribution in [2.24, 2.45) is 0 Å². The number of anilines is 1. The zero-order valence-corrected chi connectivity index (χ0v) is 12.8. The molecule has 1 heterocycles. The normalized spacial score (nSPS) is 10.6. The molecule has 0 unspecified atom stereocenters. The summed E-state index contributed by atoms with van der Waals surface area (Å²) >= 11 is 0. The summed E-state index contributed by atoms with van der Waals surface area (Å²) in [6.45, 7) is 2.07. The minimum atomic E-state index is -0.620. The predicted molar refractivity (Wildman–Crippen MR) is 88.0 cm³/mol. The van der Waals surface area contributed by atoms with Gasteiger partial charge in [0.2, 0.25) is 0 Å². The van der Waals surface area contributed by atoms with Crippen molar-refractivity contribution in [3.05, 3.63) is 70.3 Å². The molecule has 0 fully saturated rings. The van der Waals surface area contributed by atoms with Crippen LogP contribution in [0.5, 0.6) is 5.75 Å². The summed E-state index contributed by atoms with van der Waals surface area (Å²) in [5.74, 6) is -1.03. The van der Waals surface area contributed by atoms with E-state index >= 15 is 0 Å². The summed E-state index contributed by atoms with van der Waals surface area (Å²) < 4.78 is 24.1. The van der Waals surface area contributed by atoms with Gasteiger partial charge in [0, 0.05) is 12.1 Å². The molecule has 6 heteroatoms. The summed E-state index contributed by atoms with van der Waals surface area (Å²) in [6.07, 6.45) is 0. The molecule has 1 N–H and O–H groups in total. The molecule has 0 aliphatic heterocycles. The van der Waals surface area contributed by atoms with Gasteiger partial charge in [0.25, 0.3) is 5.91 Å². The van der Waals surface area contributed by atoms with E-state index in [0.29, 0.717) is 23.3 Å². The van der Waals surface area contributed by atoms with E-state index in [1.807, 2.05) is 0 Å². The molecule has 0 aliphatic rings. The van der Waals surface area contributed by atoms with Crippen molar-refractivity contribution in [1.82, 2.24) is 0 Å². The predicted octanol–water partition coefficient (Wildman–Crippen LogP) is 3.58. The van der Waals surface area contributed by atoms with Crippen LogP contribution in [0.2, 0.25) is 0 Å². The average Bonchev–Trinajstić information content (AvgIpc) is 2.57. The molecule has 0 aliphatic carbocycles. The number of amides is 1. The number of hydrogen-bond donors (Lipinski definition) is 1. The van der Waals surface area contributed by atoms with Crippen molar-refractivity contribution < 1.29 is 18.3 Å². The van der Waals surface area contributed by atoms with Crippen LogP contribution in [0.15, 0.2) is 57.7 Å². The zero-order valence-electron chi connectivity index (χ0n) is 12.8. The lowest BCUT2D eigenvalue weighted by Crippen LogP contribution is -2.15. The Morgan fingerprint density at radius 2 is 2.00 bits per heavy atom. The van der Waals surface area contributed by atoms with Crippen LogP contribution in [0.25, 0.3) is 11.0 Å². The second-order valence-corrected chi connectivity index (χ2v) is 5.00. The summed E-state index contributed by atoms with van der Waals surface area (Å²) in [5.41, 5.74) is 0.296. The zero-order chi connectivity index (χ0) is 17.1. The van der Waals surface area contributed by atoms with Crippen LogP contribution >= 0.6 is 0 Å². The number of benzene rings is 2. The third kappa shape index (κ3) is 3.12. The molecule has 0 bridgehead atoms. The van der Waals surface area contributed by atoms with Crippen molar-refractivity contribution in [3.8, 4) is 5.75 Å². The molecule has 24 heavy (non-hydrogen) atoms. The maximum Gasteiger partial charge on any atom is 0.291 e. The van der Waals surface area contributed by atoms with Crippen LogP contribution in [-0.2, 0) is 0 Å². The minimum Gasteiger partial charge on any atom is -0.492 e. The summed E-state index contributed by atoms with van der Waals surface area (Å²) in [4.78, 5) is 24.4. The monoisotopic (exact) mass is 327 g/mol. The number of nitrogens with one attached hydrogen (secondary N) is 1. The van der Waals surface area contributed by atoms with Gasteiger partial charge >= 0.3 is 0 Å². The molecule has 3 aromatic rings. The Morgan fingerprint density at radius 3 is 2.79 bits per heavy atom. The van der Waals surface area contributed by atoms with E-state index < -0.39 is 11.7 Å². The van der Waals surface area contributed by atoms with Gasteiger partial charge in [-0.25, -0.2) is 4.39 Å². The van der Waals surface area contributed by atoms with Crippen LogP contribution in [0.1, 0.15) is 17.5 Å². The number of fused-ring (bicyclic) bond motifs is 1. The van der Waals surface area contributed by atoms with Gasteiger partial charge in [-0.3, -0.25) is 9.59 Å². The number of hydrogen-bond acceptors (Lipinski definition) is 4. The second kappa shape index (κ2) is 6.54. The highest BCUT2D eigenvalue weighted by Gasteiger charge is 2.15. The van der Waals surface area contributed by atoms with E-state index in [4.69, 9.17) is 9.15 Å². The maximum absolute atomic E-state index is 13.3. The van der Waals surface area contributed by atoms with Crippen LogP contribution in [0.3, 0.4) is 0 Å². The lowest BCUT2D eigenvalue weighted by atomic mass is 10.2. The van der Waals surface area contributed by atoms with Crippen LogP contribution in [0, 0.1) is 5.82 Å². The second-order valence-electron chi connectivity index (χ2n) is 5.00. The third-order valence-corrected chi connectivity index (χ3v) is 3.35. The smallest absolute Gasteiger partial charge is 0.291 e. The van der Waals surface area contributed by atoms with Gasteiger partial charge < -0.3 is 14.5 Å². The van der Waals surface area contributed by atoms with E-state index in [0.717, 1.165) is 6.07 Å². The van der Waals surface area contributed by atoms with E-state index in [2.05, 4.69) is 5.32 Å². The molecule has 5 nitrogen and oxygen atoms in total. The van der Waals surface area contributed by atoms with E-state index in [-0.39, 0.29) is 16.9 Å². The molecule has 1 aromatic heterocycles.